The average Bonchev–Trinajstić information content (AvgIpc) is 3.27. The molecule has 8 nitrogen and oxygen atoms in total. The second-order valence-electron chi connectivity index (χ2n) is 7.43. The smallest absolute Gasteiger partial charge is 0.260 e. The minimum atomic E-state index is -0.114. The van der Waals surface area contributed by atoms with Crippen molar-refractivity contribution in [1.29, 1.82) is 0 Å². The van der Waals surface area contributed by atoms with Crippen LogP contribution >= 0.6 is 0 Å². The van der Waals surface area contributed by atoms with Gasteiger partial charge >= 0.3 is 0 Å². The Bertz CT molecular complexity index is 1060. The van der Waals surface area contributed by atoms with Crippen molar-refractivity contribution >= 4 is 22.8 Å². The number of para-hydroxylation sites is 2. The molecule has 1 aliphatic rings. The van der Waals surface area contributed by atoms with Crippen LogP contribution in [0.25, 0.3) is 11.0 Å². The molecular weight excluding hydrogens is 396 g/mol. The Kier molecular flexibility index (Phi) is 6.35. The average molecular weight is 422 g/mol. The number of carbonyl (C=O) groups excluding carboxylic acids is 2. The zero-order valence-electron chi connectivity index (χ0n) is 17.5. The van der Waals surface area contributed by atoms with Gasteiger partial charge < -0.3 is 24.7 Å². The highest BCUT2D eigenvalue weighted by Crippen LogP contribution is 2.26. The highest BCUT2D eigenvalue weighted by molar-refractivity contribution is 5.97. The summed E-state index contributed by atoms with van der Waals surface area (Å²) in [5.41, 5.74) is 2.25. The van der Waals surface area contributed by atoms with E-state index in [-0.39, 0.29) is 24.5 Å². The number of ether oxygens (including phenoxy) is 2. The van der Waals surface area contributed by atoms with Crippen molar-refractivity contribution in [2.75, 3.05) is 26.3 Å². The minimum absolute atomic E-state index is 0.0358. The number of aromatic amines is 1. The summed E-state index contributed by atoms with van der Waals surface area (Å²) in [6, 6.07) is 12.8. The topological polar surface area (TPSA) is 96.6 Å². The molecule has 3 aromatic rings. The summed E-state index contributed by atoms with van der Waals surface area (Å²) in [5, 5.41) is 3.07. The van der Waals surface area contributed by atoms with Crippen LogP contribution in [-0.4, -0.2) is 59.0 Å². The van der Waals surface area contributed by atoms with Crippen molar-refractivity contribution < 1.29 is 19.1 Å². The predicted octanol–water partition coefficient (Wildman–Crippen LogP) is 2.76. The first kappa shape index (κ1) is 20.7. The number of nitrogens with zero attached hydrogens (tertiary/aromatic N) is 2. The molecule has 0 radical (unpaired) electrons. The van der Waals surface area contributed by atoms with Crippen LogP contribution in [0.2, 0.25) is 0 Å². The molecule has 2 heterocycles. The van der Waals surface area contributed by atoms with Crippen LogP contribution in [0.1, 0.15) is 30.1 Å². The molecule has 4 rings (SSSR count). The predicted molar refractivity (Wildman–Crippen MR) is 116 cm³/mol. The van der Waals surface area contributed by atoms with Crippen LogP contribution in [0.15, 0.2) is 48.8 Å². The van der Waals surface area contributed by atoms with Gasteiger partial charge in [0.15, 0.2) is 18.1 Å². The highest BCUT2D eigenvalue weighted by atomic mass is 16.5. The van der Waals surface area contributed by atoms with Gasteiger partial charge in [0.25, 0.3) is 11.8 Å². The van der Waals surface area contributed by atoms with E-state index in [1.807, 2.05) is 31.2 Å². The number of piperidine rings is 1. The summed E-state index contributed by atoms with van der Waals surface area (Å²) in [4.78, 5) is 34.1. The molecule has 0 aliphatic carbocycles. The van der Waals surface area contributed by atoms with E-state index in [0.29, 0.717) is 49.6 Å². The zero-order valence-corrected chi connectivity index (χ0v) is 17.5. The van der Waals surface area contributed by atoms with Gasteiger partial charge in [0, 0.05) is 24.7 Å². The summed E-state index contributed by atoms with van der Waals surface area (Å²) in [6.45, 7) is 3.56. The molecule has 1 fully saturated rings. The molecule has 1 saturated heterocycles. The maximum absolute atomic E-state index is 12.6. The van der Waals surface area contributed by atoms with Gasteiger partial charge in [-0.05, 0) is 50.1 Å². The Hall–Kier alpha value is -3.55. The lowest BCUT2D eigenvalue weighted by Gasteiger charge is -2.32. The number of hydrogen-bond acceptors (Lipinski definition) is 5. The van der Waals surface area contributed by atoms with Gasteiger partial charge in [-0.1, -0.05) is 12.1 Å². The monoisotopic (exact) mass is 422 g/mol. The number of amides is 2. The van der Waals surface area contributed by atoms with Crippen LogP contribution in [0.4, 0.5) is 0 Å². The van der Waals surface area contributed by atoms with E-state index in [2.05, 4.69) is 15.3 Å². The molecule has 2 N–H and O–H groups in total. The van der Waals surface area contributed by atoms with Gasteiger partial charge in [-0.2, -0.15) is 0 Å². The third-order valence-corrected chi connectivity index (χ3v) is 5.37. The Morgan fingerprint density at radius 1 is 1.13 bits per heavy atom. The van der Waals surface area contributed by atoms with Crippen molar-refractivity contribution in [2.45, 2.75) is 25.8 Å². The Labute approximate surface area is 180 Å². The first-order chi connectivity index (χ1) is 15.1. The fourth-order valence-corrected chi connectivity index (χ4v) is 3.69. The molecule has 1 aliphatic heterocycles. The normalized spacial score (nSPS) is 14.4. The van der Waals surface area contributed by atoms with Gasteiger partial charge in [0.1, 0.15) is 0 Å². The van der Waals surface area contributed by atoms with E-state index >= 15 is 0 Å². The van der Waals surface area contributed by atoms with E-state index in [0.717, 1.165) is 11.0 Å². The highest BCUT2D eigenvalue weighted by Gasteiger charge is 2.24. The quantitative estimate of drug-likeness (QED) is 0.610. The molecule has 0 saturated carbocycles. The van der Waals surface area contributed by atoms with E-state index in [1.54, 1.807) is 29.4 Å². The van der Waals surface area contributed by atoms with Crippen molar-refractivity contribution in [3.63, 3.8) is 0 Å². The van der Waals surface area contributed by atoms with Gasteiger partial charge in [-0.15, -0.1) is 0 Å². The van der Waals surface area contributed by atoms with Crippen molar-refractivity contribution in [2.24, 2.45) is 0 Å². The number of H-pyrrole nitrogens is 1. The van der Waals surface area contributed by atoms with Gasteiger partial charge in [0.05, 0.1) is 24.0 Å². The Balaban J connectivity index is 1.25. The molecule has 8 heteroatoms. The number of benzene rings is 2. The number of imidazole rings is 1. The lowest BCUT2D eigenvalue weighted by Crippen LogP contribution is -2.47. The molecule has 1 aromatic heterocycles. The number of likely N-dealkylation sites (tertiary alicyclic amines) is 1. The molecule has 162 valence electrons. The van der Waals surface area contributed by atoms with Gasteiger partial charge in [-0.25, -0.2) is 4.98 Å². The number of carbonyl (C=O) groups is 2. The minimum Gasteiger partial charge on any atom is -0.490 e. The number of aromatic nitrogens is 2. The van der Waals surface area contributed by atoms with Crippen molar-refractivity contribution in [3.8, 4) is 11.5 Å². The molecule has 0 unspecified atom stereocenters. The standard InChI is InChI=1S/C23H26N4O4/c1-2-30-20-5-3-4-6-21(20)31-14-22(28)27-11-9-17(10-12-27)26-23(29)16-7-8-18-19(13-16)25-15-24-18/h3-8,13,15,17H,2,9-12,14H2,1H3,(H,24,25)(H,26,29). The fraction of sp³-hybridized carbons (Fsp3) is 0.348. The maximum Gasteiger partial charge on any atom is 0.260 e. The summed E-state index contributed by atoms with van der Waals surface area (Å²) in [7, 11) is 0. The van der Waals surface area contributed by atoms with Crippen molar-refractivity contribution in [1.82, 2.24) is 20.2 Å². The third kappa shape index (κ3) is 4.96. The first-order valence-corrected chi connectivity index (χ1v) is 10.5. The molecule has 0 atom stereocenters. The SMILES string of the molecule is CCOc1ccccc1OCC(=O)N1CCC(NC(=O)c2ccc3nc[nH]c3c2)CC1. The van der Waals surface area contributed by atoms with Crippen LogP contribution < -0.4 is 14.8 Å². The second kappa shape index (κ2) is 9.51. The molecule has 2 aromatic carbocycles. The zero-order chi connectivity index (χ0) is 21.6. The van der Waals surface area contributed by atoms with Crippen LogP contribution in [0.3, 0.4) is 0 Å². The maximum atomic E-state index is 12.6. The van der Waals surface area contributed by atoms with Crippen LogP contribution in [0.5, 0.6) is 11.5 Å². The second-order valence-corrected chi connectivity index (χ2v) is 7.43. The van der Waals surface area contributed by atoms with Gasteiger partial charge in [0.2, 0.25) is 0 Å². The van der Waals surface area contributed by atoms with E-state index in [9.17, 15) is 9.59 Å². The first-order valence-electron chi connectivity index (χ1n) is 10.5. The van der Waals surface area contributed by atoms with Crippen LogP contribution in [0, 0.1) is 0 Å². The van der Waals surface area contributed by atoms with E-state index in [1.165, 1.54) is 0 Å². The number of nitrogens with one attached hydrogen (secondary N) is 2. The van der Waals surface area contributed by atoms with E-state index in [4.69, 9.17) is 9.47 Å². The molecule has 31 heavy (non-hydrogen) atoms. The Morgan fingerprint density at radius 2 is 1.87 bits per heavy atom. The summed E-state index contributed by atoms with van der Waals surface area (Å²) < 4.78 is 11.2. The molecule has 2 amide bonds. The van der Waals surface area contributed by atoms with Crippen molar-refractivity contribution in [3.05, 3.63) is 54.4 Å². The van der Waals surface area contributed by atoms with Crippen LogP contribution in [-0.2, 0) is 4.79 Å². The lowest BCUT2D eigenvalue weighted by atomic mass is 10.0. The fourth-order valence-electron chi connectivity index (χ4n) is 3.69. The summed E-state index contributed by atoms with van der Waals surface area (Å²) in [6.07, 6.45) is 3.02. The molecular formula is C23H26N4O4. The number of hydrogen-bond donors (Lipinski definition) is 2. The Morgan fingerprint density at radius 3 is 2.61 bits per heavy atom. The van der Waals surface area contributed by atoms with Gasteiger partial charge in [-0.3, -0.25) is 9.59 Å². The molecule has 0 bridgehead atoms. The largest absolute Gasteiger partial charge is 0.490 e. The lowest BCUT2D eigenvalue weighted by molar-refractivity contribution is -0.134. The summed E-state index contributed by atoms with van der Waals surface area (Å²) >= 11 is 0. The third-order valence-electron chi connectivity index (χ3n) is 5.37. The number of rotatable bonds is 7. The number of fused-ring (bicyclic) bond motifs is 1. The molecule has 0 spiro atoms. The van der Waals surface area contributed by atoms with E-state index < -0.39 is 0 Å². The summed E-state index contributed by atoms with van der Waals surface area (Å²) in [5.74, 6) is 1.01.